The number of likely N-dealkylation sites (N-methyl/N-ethyl adjacent to an activating group) is 1. The molecule has 0 radical (unpaired) electrons. The van der Waals surface area contributed by atoms with Gasteiger partial charge in [0.1, 0.15) is 6.61 Å². The van der Waals surface area contributed by atoms with Crippen molar-refractivity contribution in [2.75, 3.05) is 20.7 Å². The van der Waals surface area contributed by atoms with Crippen LogP contribution in [0, 0.1) is 6.92 Å². The van der Waals surface area contributed by atoms with Crippen molar-refractivity contribution in [3.63, 3.8) is 0 Å². The predicted octanol–water partition coefficient (Wildman–Crippen LogP) is 4.50. The second kappa shape index (κ2) is 8.97. The molecule has 3 rings (SSSR count). The maximum atomic E-state index is 12.3. The van der Waals surface area contributed by atoms with Gasteiger partial charge in [-0.1, -0.05) is 35.9 Å². The van der Waals surface area contributed by atoms with Crippen molar-refractivity contribution in [1.82, 2.24) is 4.90 Å². The summed E-state index contributed by atoms with van der Waals surface area (Å²) in [6.07, 6.45) is 1.86. The molecule has 0 bridgehead atoms. The largest absolute Gasteiger partial charge is 0.490 e. The smallest absolute Gasteiger partial charge is 0.266 e. The number of carbonyl (C=O) groups excluding carboxylic acids is 1. The van der Waals surface area contributed by atoms with Crippen LogP contribution in [0.3, 0.4) is 0 Å². The molecule has 2 aromatic carbocycles. The van der Waals surface area contributed by atoms with Gasteiger partial charge < -0.3 is 9.47 Å². The van der Waals surface area contributed by atoms with Crippen LogP contribution in [0.25, 0.3) is 6.08 Å². The number of hydrogen-bond acceptors (Lipinski definition) is 5. The van der Waals surface area contributed by atoms with Gasteiger partial charge in [-0.15, -0.1) is 0 Å². The van der Waals surface area contributed by atoms with E-state index in [0.29, 0.717) is 34.8 Å². The summed E-state index contributed by atoms with van der Waals surface area (Å²) in [5.74, 6) is 1.29. The molecule has 5 nitrogen and oxygen atoms in total. The molecule has 1 fully saturated rings. The van der Waals surface area contributed by atoms with Crippen LogP contribution in [0.15, 0.2) is 52.4 Å². The number of hydrogen-bond donors (Lipinski definition) is 0. The van der Waals surface area contributed by atoms with E-state index in [1.54, 1.807) is 19.0 Å². The molecule has 146 valence electrons. The first-order valence-corrected chi connectivity index (χ1v) is 9.93. The lowest BCUT2D eigenvalue weighted by Crippen LogP contribution is -2.23. The third-order valence-corrected chi connectivity index (χ3v) is 5.43. The average Bonchev–Trinajstić information content (AvgIpc) is 2.97. The lowest BCUT2D eigenvalue weighted by Gasteiger charge is -2.13. The predicted molar refractivity (Wildman–Crippen MR) is 115 cm³/mol. The number of ether oxygens (including phenoxy) is 2. The highest BCUT2D eigenvalue weighted by atomic mass is 32.2. The van der Waals surface area contributed by atoms with Crippen LogP contribution in [0.5, 0.6) is 11.5 Å². The van der Waals surface area contributed by atoms with E-state index in [-0.39, 0.29) is 5.91 Å². The van der Waals surface area contributed by atoms with E-state index in [4.69, 9.17) is 9.47 Å². The van der Waals surface area contributed by atoms with Crippen molar-refractivity contribution in [2.45, 2.75) is 20.5 Å². The molecule has 2 aromatic rings. The van der Waals surface area contributed by atoms with E-state index in [1.165, 1.54) is 17.3 Å². The Hall–Kier alpha value is -2.73. The Kier molecular flexibility index (Phi) is 6.41. The molecule has 1 aliphatic heterocycles. The Morgan fingerprint density at radius 2 is 1.86 bits per heavy atom. The van der Waals surface area contributed by atoms with E-state index < -0.39 is 0 Å². The molecular formula is C22H24N2O3S. The standard InChI is InChI=1S/C22H24N2O3S/c1-5-26-19-12-17(13-20-21(25)24(4)22(23-3)28-20)10-11-18(19)27-14-16-8-6-15(2)7-9-16/h6-13H,5,14H2,1-4H3/b20-13+,23-22?. The average molecular weight is 397 g/mol. The molecule has 1 heterocycles. The fourth-order valence-electron chi connectivity index (χ4n) is 2.75. The first-order chi connectivity index (χ1) is 13.5. The molecular weight excluding hydrogens is 372 g/mol. The Bertz CT molecular complexity index is 920. The van der Waals surface area contributed by atoms with E-state index in [0.717, 1.165) is 11.1 Å². The zero-order valence-electron chi connectivity index (χ0n) is 16.6. The van der Waals surface area contributed by atoms with Crippen molar-refractivity contribution in [2.24, 2.45) is 4.99 Å². The number of carbonyl (C=O) groups is 1. The van der Waals surface area contributed by atoms with Gasteiger partial charge in [-0.3, -0.25) is 14.7 Å². The monoisotopic (exact) mass is 396 g/mol. The van der Waals surface area contributed by atoms with Crippen LogP contribution < -0.4 is 9.47 Å². The van der Waals surface area contributed by atoms with E-state index in [9.17, 15) is 4.79 Å². The number of aliphatic imine (C=N–C) groups is 1. The Morgan fingerprint density at radius 1 is 1.11 bits per heavy atom. The molecule has 0 saturated carbocycles. The molecule has 28 heavy (non-hydrogen) atoms. The summed E-state index contributed by atoms with van der Waals surface area (Å²) in [7, 11) is 3.41. The van der Waals surface area contributed by atoms with Crippen molar-refractivity contribution in [1.29, 1.82) is 0 Å². The summed E-state index contributed by atoms with van der Waals surface area (Å²) < 4.78 is 11.7. The van der Waals surface area contributed by atoms with Crippen molar-refractivity contribution in [3.8, 4) is 11.5 Å². The zero-order chi connectivity index (χ0) is 20.1. The topological polar surface area (TPSA) is 51.1 Å². The second-order valence-electron chi connectivity index (χ2n) is 6.39. The van der Waals surface area contributed by atoms with E-state index in [2.05, 4.69) is 36.2 Å². The fourth-order valence-corrected chi connectivity index (χ4v) is 3.68. The molecule has 0 aliphatic carbocycles. The number of aryl methyl sites for hydroxylation is 1. The summed E-state index contributed by atoms with van der Waals surface area (Å²) in [5.41, 5.74) is 3.20. The SMILES string of the molecule is CCOc1cc(/C=C2/SC(=NC)N(C)C2=O)ccc1OCc1ccc(C)cc1. The van der Waals surface area contributed by atoms with Crippen LogP contribution >= 0.6 is 11.8 Å². The summed E-state index contributed by atoms with van der Waals surface area (Å²) >= 11 is 1.37. The molecule has 1 saturated heterocycles. The second-order valence-corrected chi connectivity index (χ2v) is 7.40. The van der Waals surface area contributed by atoms with Gasteiger partial charge in [0.15, 0.2) is 16.7 Å². The lowest BCUT2D eigenvalue weighted by molar-refractivity contribution is -0.121. The number of nitrogens with zero attached hydrogens (tertiary/aromatic N) is 2. The Labute approximate surface area is 170 Å². The molecule has 0 N–H and O–H groups in total. The summed E-state index contributed by atoms with van der Waals surface area (Å²) in [5, 5.41) is 0.694. The number of amides is 1. The maximum absolute atomic E-state index is 12.3. The minimum Gasteiger partial charge on any atom is -0.490 e. The van der Waals surface area contributed by atoms with Crippen LogP contribution in [0.2, 0.25) is 0 Å². The first kappa shape index (κ1) is 20.0. The van der Waals surface area contributed by atoms with Crippen LogP contribution in [-0.4, -0.2) is 36.7 Å². The van der Waals surface area contributed by atoms with Crippen LogP contribution in [0.4, 0.5) is 0 Å². The number of rotatable bonds is 6. The zero-order valence-corrected chi connectivity index (χ0v) is 17.4. The van der Waals surface area contributed by atoms with E-state index in [1.807, 2.05) is 31.2 Å². The quantitative estimate of drug-likeness (QED) is 0.675. The van der Waals surface area contributed by atoms with Crippen LogP contribution in [-0.2, 0) is 11.4 Å². The molecule has 0 aromatic heterocycles. The Morgan fingerprint density at radius 3 is 2.50 bits per heavy atom. The normalized spacial score (nSPS) is 16.9. The number of benzene rings is 2. The highest BCUT2D eigenvalue weighted by molar-refractivity contribution is 8.18. The highest BCUT2D eigenvalue weighted by Crippen LogP contribution is 2.34. The summed E-state index contributed by atoms with van der Waals surface area (Å²) in [4.78, 5) is 18.7. The molecule has 0 unspecified atom stereocenters. The van der Waals surface area contributed by atoms with Gasteiger partial charge in [0, 0.05) is 14.1 Å². The number of thioether (sulfide) groups is 1. The molecule has 1 amide bonds. The van der Waals surface area contributed by atoms with E-state index >= 15 is 0 Å². The first-order valence-electron chi connectivity index (χ1n) is 9.11. The molecule has 0 atom stereocenters. The fraction of sp³-hybridized carbons (Fsp3) is 0.273. The summed E-state index contributed by atoms with van der Waals surface area (Å²) in [6, 6.07) is 14.0. The third kappa shape index (κ3) is 4.57. The van der Waals surface area contributed by atoms with Gasteiger partial charge in [0.25, 0.3) is 5.91 Å². The van der Waals surface area contributed by atoms with Gasteiger partial charge in [0.05, 0.1) is 11.5 Å². The minimum atomic E-state index is -0.0525. The molecule has 1 aliphatic rings. The minimum absolute atomic E-state index is 0.0525. The third-order valence-electron chi connectivity index (χ3n) is 4.28. The Balaban J connectivity index is 1.80. The van der Waals surface area contributed by atoms with Gasteiger partial charge in [-0.25, -0.2) is 0 Å². The maximum Gasteiger partial charge on any atom is 0.266 e. The molecule has 0 spiro atoms. The summed E-state index contributed by atoms with van der Waals surface area (Å²) in [6.45, 7) is 5.00. The van der Waals surface area contributed by atoms with Crippen LogP contribution in [0.1, 0.15) is 23.6 Å². The number of amidine groups is 1. The van der Waals surface area contributed by atoms with Gasteiger partial charge in [-0.2, -0.15) is 0 Å². The van der Waals surface area contributed by atoms with Gasteiger partial charge in [-0.05, 0) is 54.9 Å². The van der Waals surface area contributed by atoms with Gasteiger partial charge in [0.2, 0.25) is 0 Å². The van der Waals surface area contributed by atoms with Crippen molar-refractivity contribution in [3.05, 3.63) is 64.1 Å². The highest BCUT2D eigenvalue weighted by Gasteiger charge is 2.29. The lowest BCUT2D eigenvalue weighted by atomic mass is 10.1. The van der Waals surface area contributed by atoms with Crippen molar-refractivity contribution >= 4 is 28.9 Å². The van der Waals surface area contributed by atoms with Crippen molar-refractivity contribution < 1.29 is 14.3 Å². The van der Waals surface area contributed by atoms with Gasteiger partial charge >= 0.3 is 0 Å². The molecule has 6 heteroatoms.